The lowest BCUT2D eigenvalue weighted by Crippen LogP contribution is -2.59. The molecular weight excluding hydrogens is 646 g/mol. The lowest BCUT2D eigenvalue weighted by atomic mass is 9.77. The van der Waals surface area contributed by atoms with Crippen molar-refractivity contribution in [2.45, 2.75) is 154 Å². The highest BCUT2D eigenvalue weighted by molar-refractivity contribution is 6.00. The molecule has 3 fully saturated rings. The molecule has 3 aliphatic heterocycles. The van der Waals surface area contributed by atoms with Crippen molar-refractivity contribution in [2.75, 3.05) is 33.8 Å². The number of carbonyl (C=O) groups is 2. The third-order valence-electron chi connectivity index (χ3n) is 11.1. The minimum atomic E-state index is -1.87. The molecule has 0 aromatic carbocycles. The van der Waals surface area contributed by atoms with E-state index in [2.05, 4.69) is 16.4 Å². The molecule has 0 radical (unpaired) electrons. The van der Waals surface area contributed by atoms with E-state index in [0.717, 1.165) is 19.4 Å². The predicted octanol–water partition coefficient (Wildman–Crippen LogP) is 2.43. The third-order valence-corrected chi connectivity index (χ3v) is 11.1. The largest absolute Gasteiger partial charge is 0.459 e. The third kappa shape index (κ3) is 10.0. The molecule has 13 heteroatoms. The van der Waals surface area contributed by atoms with Crippen LogP contribution in [0.1, 0.15) is 93.4 Å². The van der Waals surface area contributed by atoms with E-state index in [4.69, 9.17) is 30.2 Å². The molecular formula is C37H63N3O10. The van der Waals surface area contributed by atoms with E-state index < -0.39 is 71.4 Å². The maximum absolute atomic E-state index is 14.1. The van der Waals surface area contributed by atoms with Crippen molar-refractivity contribution in [1.29, 1.82) is 0 Å². The number of ketones is 1. The summed E-state index contributed by atoms with van der Waals surface area (Å²) in [5.74, 6) is -1.54. The number of terminal acetylenes is 1. The molecule has 0 aliphatic carbocycles. The first-order valence-corrected chi connectivity index (χ1v) is 18.3. The van der Waals surface area contributed by atoms with Gasteiger partial charge in [-0.2, -0.15) is 0 Å². The molecule has 3 heterocycles. The molecule has 3 rings (SSSR count). The lowest BCUT2D eigenvalue weighted by Gasteiger charge is -2.47. The number of aliphatic hydroxyl groups is 3. The molecule has 13 nitrogen and oxygen atoms in total. The number of nitrogens with zero attached hydrogens (tertiary/aromatic N) is 2. The van der Waals surface area contributed by atoms with Gasteiger partial charge in [0.25, 0.3) is 0 Å². The van der Waals surface area contributed by atoms with Gasteiger partial charge in [0.15, 0.2) is 12.1 Å². The monoisotopic (exact) mass is 709 g/mol. The second-order valence-corrected chi connectivity index (χ2v) is 15.0. The van der Waals surface area contributed by atoms with Crippen LogP contribution >= 0.6 is 0 Å². The molecule has 0 saturated carbocycles. The Balaban J connectivity index is 2.07. The van der Waals surface area contributed by atoms with Gasteiger partial charge in [0, 0.05) is 44.5 Å². The minimum absolute atomic E-state index is 0.166. The van der Waals surface area contributed by atoms with E-state index in [1.807, 2.05) is 18.9 Å². The van der Waals surface area contributed by atoms with Crippen LogP contribution < -0.4 is 5.32 Å². The van der Waals surface area contributed by atoms with Crippen LogP contribution in [0.15, 0.2) is 5.16 Å². The zero-order valence-corrected chi connectivity index (χ0v) is 31.6. The maximum Gasteiger partial charge on any atom is 0.316 e. The van der Waals surface area contributed by atoms with Crippen molar-refractivity contribution in [2.24, 2.45) is 22.9 Å². The second kappa shape index (κ2) is 18.6. The fourth-order valence-electron chi connectivity index (χ4n) is 7.46. The van der Waals surface area contributed by atoms with Crippen molar-refractivity contribution in [1.82, 2.24) is 10.2 Å². The fraction of sp³-hybridized carbons (Fsp3) is 0.865. The Bertz CT molecular complexity index is 1190. The molecule has 0 amide bonds. The Morgan fingerprint density at radius 1 is 1.16 bits per heavy atom. The molecule has 3 saturated heterocycles. The number of oxime groups is 1. The molecule has 50 heavy (non-hydrogen) atoms. The van der Waals surface area contributed by atoms with Crippen LogP contribution in [-0.2, 0) is 33.4 Å². The number of methoxy groups -OCH3 is 1. The van der Waals surface area contributed by atoms with Crippen molar-refractivity contribution in [3.05, 3.63) is 0 Å². The first-order chi connectivity index (χ1) is 23.5. The normalized spacial score (nSPS) is 42.1. The van der Waals surface area contributed by atoms with Gasteiger partial charge in [-0.15, -0.1) is 12.3 Å². The van der Waals surface area contributed by atoms with Gasteiger partial charge in [0.2, 0.25) is 0 Å². The fourth-order valence-corrected chi connectivity index (χ4v) is 7.46. The second-order valence-electron chi connectivity index (χ2n) is 15.0. The molecule has 0 aromatic rings. The number of nitrogens with one attached hydrogen (secondary N) is 1. The van der Waals surface area contributed by atoms with Gasteiger partial charge in [-0.05, 0) is 79.8 Å². The zero-order valence-electron chi connectivity index (χ0n) is 31.6. The van der Waals surface area contributed by atoms with Gasteiger partial charge in [-0.1, -0.05) is 25.9 Å². The number of Topliss-reactive ketones (excluding diaryl/α,β-unsaturated/α-hetero) is 1. The molecule has 3 aliphatic rings. The summed E-state index contributed by atoms with van der Waals surface area (Å²) in [6, 6.07) is -0.324. The summed E-state index contributed by atoms with van der Waals surface area (Å²) in [5.41, 5.74) is -2.60. The summed E-state index contributed by atoms with van der Waals surface area (Å²) in [6.45, 7) is 13.8. The predicted molar refractivity (Wildman–Crippen MR) is 188 cm³/mol. The number of cyclic esters (lactones) is 1. The Hall–Kier alpha value is -2.15. The number of piperidine rings is 1. The average molecular weight is 710 g/mol. The van der Waals surface area contributed by atoms with Crippen molar-refractivity contribution in [3.63, 3.8) is 0 Å². The van der Waals surface area contributed by atoms with Gasteiger partial charge in [-0.3, -0.25) is 14.5 Å². The topological polar surface area (TPSA) is 169 Å². The van der Waals surface area contributed by atoms with Gasteiger partial charge in [0.05, 0.1) is 29.6 Å². The number of likely N-dealkylation sites (N-methyl/N-ethyl adjacent to an activating group) is 1. The van der Waals surface area contributed by atoms with Crippen molar-refractivity contribution < 1.29 is 48.7 Å². The molecule has 1 unspecified atom stereocenters. The summed E-state index contributed by atoms with van der Waals surface area (Å²) in [5, 5.41) is 42.7. The van der Waals surface area contributed by atoms with E-state index in [1.54, 1.807) is 27.7 Å². The summed E-state index contributed by atoms with van der Waals surface area (Å²) >= 11 is 0. The van der Waals surface area contributed by atoms with Crippen LogP contribution in [0.2, 0.25) is 0 Å². The number of hydrogen-bond acceptors (Lipinski definition) is 13. The smallest absolute Gasteiger partial charge is 0.316 e. The first kappa shape index (κ1) is 42.3. The molecule has 0 spiro atoms. The summed E-state index contributed by atoms with van der Waals surface area (Å²) in [7, 11) is 3.41. The maximum atomic E-state index is 14.1. The van der Waals surface area contributed by atoms with Crippen LogP contribution in [-0.4, -0.2) is 132 Å². The number of aliphatic hydroxyl groups excluding tert-OH is 2. The number of esters is 1. The van der Waals surface area contributed by atoms with E-state index in [1.165, 1.54) is 21.0 Å². The van der Waals surface area contributed by atoms with Crippen LogP contribution in [0.5, 0.6) is 0 Å². The van der Waals surface area contributed by atoms with E-state index in [0.29, 0.717) is 31.6 Å². The molecule has 13 atom stereocenters. The number of hydrogen-bond donors (Lipinski definition) is 4. The zero-order chi connectivity index (χ0) is 37.4. The average Bonchev–Trinajstić information content (AvgIpc) is 3.10. The number of ether oxygens (including phenoxy) is 4. The van der Waals surface area contributed by atoms with Crippen LogP contribution in [0, 0.1) is 30.1 Å². The molecule has 4 N–H and O–H groups in total. The quantitative estimate of drug-likeness (QED) is 0.120. The van der Waals surface area contributed by atoms with Gasteiger partial charge >= 0.3 is 5.97 Å². The Morgan fingerprint density at radius 2 is 1.86 bits per heavy atom. The van der Waals surface area contributed by atoms with Gasteiger partial charge < -0.3 is 44.4 Å². The van der Waals surface area contributed by atoms with E-state index in [9.17, 15) is 24.9 Å². The summed E-state index contributed by atoms with van der Waals surface area (Å²) in [4.78, 5) is 35.6. The SMILES string of the molecule is C#CCCN(C)[C@H]1C[C@@H](C)OC(O[C@@H]2[C@@H](C)C(=O)[C@@H](C)C(=O)O[C@H](CC)[C@@](C)(O)[C@H](O)[C@@H](C)/C(=N/O[C@@H]3CCCNC3)CC[C@@]2(C)OC)[C@@H]1O. The highest BCUT2D eigenvalue weighted by atomic mass is 16.7. The standard InChI is InChI=1S/C37H63N3O10/c1-11-13-19-40(9)28-20-22(3)47-35(31(28)42)49-33-24(5)30(41)25(6)34(44)48-29(12-2)37(8,45)32(43)23(4)27(16-17-36(33,7)46-10)39-50-26-15-14-18-38-21-26/h1,22-26,28-29,31-33,35,38,42-43,45H,12-21H2,2-10H3/b39-27+/t22-,23+,24+,25-,26-,28+,29-,31-,32-,33-,35?,36-,37-/m1/s1. The Labute approximate surface area is 298 Å². The highest BCUT2D eigenvalue weighted by Crippen LogP contribution is 2.37. The Kier molecular flexibility index (Phi) is 15.7. The van der Waals surface area contributed by atoms with Crippen LogP contribution in [0.3, 0.4) is 0 Å². The molecule has 0 bridgehead atoms. The summed E-state index contributed by atoms with van der Waals surface area (Å²) < 4.78 is 24.7. The molecule has 286 valence electrons. The van der Waals surface area contributed by atoms with Crippen molar-refractivity contribution in [3.8, 4) is 12.3 Å². The number of carbonyl (C=O) groups excluding carboxylic acids is 2. The van der Waals surface area contributed by atoms with Crippen LogP contribution in [0.25, 0.3) is 0 Å². The highest BCUT2D eigenvalue weighted by Gasteiger charge is 2.50. The molecule has 0 aromatic heterocycles. The first-order valence-electron chi connectivity index (χ1n) is 18.3. The Morgan fingerprint density at radius 3 is 2.46 bits per heavy atom. The van der Waals surface area contributed by atoms with Crippen LogP contribution in [0.4, 0.5) is 0 Å². The minimum Gasteiger partial charge on any atom is -0.459 e. The van der Waals surface area contributed by atoms with Gasteiger partial charge in [-0.25, -0.2) is 0 Å². The van der Waals surface area contributed by atoms with Gasteiger partial charge in [0.1, 0.15) is 29.8 Å². The number of rotatable bonds is 9. The van der Waals surface area contributed by atoms with E-state index >= 15 is 0 Å². The van der Waals surface area contributed by atoms with Crippen molar-refractivity contribution >= 4 is 17.5 Å². The lowest BCUT2D eigenvalue weighted by molar-refractivity contribution is -0.295. The van der Waals surface area contributed by atoms with E-state index in [-0.39, 0.29) is 37.5 Å². The summed E-state index contributed by atoms with van der Waals surface area (Å²) in [6.07, 6.45) is 2.82.